The zero-order valence-electron chi connectivity index (χ0n) is 21.5. The Morgan fingerprint density at radius 2 is 1.86 bits per heavy atom. The number of hydrogen-bond acceptors (Lipinski definition) is 6. The number of nitrogens with zero attached hydrogens (tertiary/aromatic N) is 5. The molecule has 0 aliphatic carbocycles. The summed E-state index contributed by atoms with van der Waals surface area (Å²) in [5.41, 5.74) is 4.33. The summed E-state index contributed by atoms with van der Waals surface area (Å²) in [5.74, 6) is 0.0552. The molecule has 4 rings (SSSR count). The van der Waals surface area contributed by atoms with Crippen LogP contribution in [0.4, 0.5) is 23.0 Å². The molecule has 0 saturated carbocycles. The molecule has 10 heteroatoms. The molecule has 2 N–H and O–H groups in total. The van der Waals surface area contributed by atoms with E-state index in [1.54, 1.807) is 30.3 Å². The third-order valence-electron chi connectivity index (χ3n) is 5.97. The third-order valence-corrected chi connectivity index (χ3v) is 6.24. The van der Waals surface area contributed by atoms with E-state index in [0.717, 1.165) is 16.5 Å². The average molecular weight is 520 g/mol. The number of carbonyl (C=O) groups is 2. The molecule has 4 aromatic rings. The minimum atomic E-state index is -0.242. The van der Waals surface area contributed by atoms with Crippen molar-refractivity contribution in [2.24, 2.45) is 7.05 Å². The predicted octanol–water partition coefficient (Wildman–Crippen LogP) is 4.91. The third kappa shape index (κ3) is 5.90. The molecule has 0 fully saturated rings. The number of fused-ring (bicyclic) bond motifs is 1. The number of amides is 2. The lowest BCUT2D eigenvalue weighted by molar-refractivity contribution is -0.118. The molecule has 0 aliphatic heterocycles. The summed E-state index contributed by atoms with van der Waals surface area (Å²) in [7, 11) is 7.51. The van der Waals surface area contributed by atoms with Crippen molar-refractivity contribution in [2.75, 3.05) is 43.2 Å². The van der Waals surface area contributed by atoms with Gasteiger partial charge >= 0.3 is 0 Å². The molecule has 2 aromatic heterocycles. The molecule has 0 aliphatic rings. The smallest absolute Gasteiger partial charge is 0.228 e. The van der Waals surface area contributed by atoms with Gasteiger partial charge in [-0.05, 0) is 38.4 Å². The first-order chi connectivity index (χ1) is 17.6. The number of carbonyl (C=O) groups excluding carboxylic acids is 2. The van der Waals surface area contributed by atoms with E-state index in [2.05, 4.69) is 15.6 Å². The quantitative estimate of drug-likeness (QED) is 0.343. The summed E-state index contributed by atoms with van der Waals surface area (Å²) < 4.78 is 2.03. The van der Waals surface area contributed by atoms with Crippen molar-refractivity contribution >= 4 is 57.3 Å². The van der Waals surface area contributed by atoms with Gasteiger partial charge in [0.2, 0.25) is 17.8 Å². The molecule has 0 radical (unpaired) electrons. The van der Waals surface area contributed by atoms with Gasteiger partial charge in [-0.3, -0.25) is 9.59 Å². The van der Waals surface area contributed by atoms with Gasteiger partial charge in [0.15, 0.2) is 0 Å². The molecule has 37 heavy (non-hydrogen) atoms. The Hall–Kier alpha value is -3.95. The summed E-state index contributed by atoms with van der Waals surface area (Å²) >= 11 is 6.51. The first-order valence-electron chi connectivity index (χ1n) is 11.8. The molecule has 2 heterocycles. The average Bonchev–Trinajstić information content (AvgIpc) is 3.19. The van der Waals surface area contributed by atoms with Crippen molar-refractivity contribution in [1.29, 1.82) is 0 Å². The number of anilines is 4. The number of halogens is 1. The Morgan fingerprint density at radius 1 is 1.11 bits per heavy atom. The molecule has 2 aromatic carbocycles. The monoisotopic (exact) mass is 519 g/mol. The second-order valence-electron chi connectivity index (χ2n) is 9.11. The van der Waals surface area contributed by atoms with Gasteiger partial charge in [-0.2, -0.15) is 0 Å². The van der Waals surface area contributed by atoms with Gasteiger partial charge in [0.05, 0.1) is 28.3 Å². The lowest BCUT2D eigenvalue weighted by Crippen LogP contribution is -2.30. The SMILES string of the molecule is CC(=O)Nc1cc(Nc2ncc(Cl)c(-c3cn(C)c4ccccc34)n2)ccc1N(C)C(=O)CCN(C)C. The van der Waals surface area contributed by atoms with E-state index < -0.39 is 0 Å². The van der Waals surface area contributed by atoms with Gasteiger partial charge in [0.1, 0.15) is 0 Å². The van der Waals surface area contributed by atoms with E-state index in [9.17, 15) is 9.59 Å². The summed E-state index contributed by atoms with van der Waals surface area (Å²) in [6, 6.07) is 13.4. The maximum atomic E-state index is 12.7. The highest BCUT2D eigenvalue weighted by Crippen LogP contribution is 2.35. The van der Waals surface area contributed by atoms with Crippen LogP contribution in [0.3, 0.4) is 0 Å². The van der Waals surface area contributed by atoms with Crippen LogP contribution in [-0.4, -0.2) is 58.9 Å². The Morgan fingerprint density at radius 3 is 2.59 bits per heavy atom. The van der Waals surface area contributed by atoms with Crippen LogP contribution < -0.4 is 15.5 Å². The maximum absolute atomic E-state index is 12.7. The van der Waals surface area contributed by atoms with Gasteiger partial charge < -0.3 is 25.0 Å². The highest BCUT2D eigenvalue weighted by molar-refractivity contribution is 6.33. The fourth-order valence-corrected chi connectivity index (χ4v) is 4.29. The Bertz CT molecular complexity index is 1460. The molecule has 0 atom stereocenters. The lowest BCUT2D eigenvalue weighted by atomic mass is 10.1. The van der Waals surface area contributed by atoms with Crippen LogP contribution in [0.15, 0.2) is 54.9 Å². The van der Waals surface area contributed by atoms with Crippen LogP contribution in [-0.2, 0) is 16.6 Å². The predicted molar refractivity (Wildman–Crippen MR) is 150 cm³/mol. The van der Waals surface area contributed by atoms with Crippen molar-refractivity contribution in [3.05, 3.63) is 59.9 Å². The largest absolute Gasteiger partial charge is 0.350 e. The van der Waals surface area contributed by atoms with Gasteiger partial charge in [0, 0.05) is 62.3 Å². The standard InChI is InChI=1S/C27H30ClN7O2/c1-17(36)30-22-14-18(10-11-24(22)35(5)25(37)12-13-33(2)3)31-27-29-15-21(28)26(32-27)20-16-34(4)23-9-7-6-8-19(20)23/h6-11,14-16H,12-13H2,1-5H3,(H,30,36)(H,29,31,32). The van der Waals surface area contributed by atoms with Crippen LogP contribution in [0.2, 0.25) is 5.02 Å². The van der Waals surface area contributed by atoms with Crippen LogP contribution >= 0.6 is 11.6 Å². The number of rotatable bonds is 8. The molecular formula is C27H30ClN7O2. The summed E-state index contributed by atoms with van der Waals surface area (Å²) in [6.07, 6.45) is 3.92. The molecule has 9 nitrogen and oxygen atoms in total. The molecule has 0 unspecified atom stereocenters. The first kappa shape index (κ1) is 26.1. The van der Waals surface area contributed by atoms with Crippen LogP contribution in [0, 0.1) is 0 Å². The Kier molecular flexibility index (Phi) is 7.75. The maximum Gasteiger partial charge on any atom is 0.228 e. The molecule has 0 saturated heterocycles. The zero-order valence-corrected chi connectivity index (χ0v) is 22.3. The van der Waals surface area contributed by atoms with E-state index in [1.165, 1.54) is 6.92 Å². The second-order valence-corrected chi connectivity index (χ2v) is 9.51. The van der Waals surface area contributed by atoms with Crippen LogP contribution in [0.1, 0.15) is 13.3 Å². The normalized spacial score (nSPS) is 11.1. The summed E-state index contributed by atoms with van der Waals surface area (Å²) in [5, 5.41) is 7.49. The summed E-state index contributed by atoms with van der Waals surface area (Å²) in [4.78, 5) is 37.1. The minimum Gasteiger partial charge on any atom is -0.350 e. The Labute approximate surface area is 221 Å². The fraction of sp³-hybridized carbons (Fsp3) is 0.259. The first-order valence-corrected chi connectivity index (χ1v) is 12.2. The second kappa shape index (κ2) is 11.0. The fourth-order valence-electron chi connectivity index (χ4n) is 4.09. The van der Waals surface area contributed by atoms with Gasteiger partial charge in [0.25, 0.3) is 0 Å². The van der Waals surface area contributed by atoms with E-state index in [4.69, 9.17) is 16.6 Å². The molecule has 0 spiro atoms. The number of aromatic nitrogens is 3. The van der Waals surface area contributed by atoms with E-state index >= 15 is 0 Å². The number of para-hydroxylation sites is 1. The number of hydrogen-bond donors (Lipinski definition) is 2. The number of aryl methyl sites for hydroxylation is 1. The molecule has 192 valence electrons. The number of benzene rings is 2. The van der Waals surface area contributed by atoms with E-state index in [0.29, 0.717) is 46.7 Å². The molecule has 0 bridgehead atoms. The highest BCUT2D eigenvalue weighted by Gasteiger charge is 2.18. The van der Waals surface area contributed by atoms with E-state index in [-0.39, 0.29) is 11.8 Å². The van der Waals surface area contributed by atoms with Crippen LogP contribution in [0.5, 0.6) is 0 Å². The topological polar surface area (TPSA) is 95.4 Å². The summed E-state index contributed by atoms with van der Waals surface area (Å²) in [6.45, 7) is 2.06. The van der Waals surface area contributed by atoms with Crippen molar-refractivity contribution in [1.82, 2.24) is 19.4 Å². The Balaban J connectivity index is 1.64. The molecule has 2 amide bonds. The van der Waals surface area contributed by atoms with Crippen molar-refractivity contribution < 1.29 is 9.59 Å². The van der Waals surface area contributed by atoms with Gasteiger partial charge in [-0.1, -0.05) is 29.8 Å². The van der Waals surface area contributed by atoms with Crippen molar-refractivity contribution in [2.45, 2.75) is 13.3 Å². The minimum absolute atomic E-state index is 0.0539. The van der Waals surface area contributed by atoms with Crippen molar-refractivity contribution in [3.63, 3.8) is 0 Å². The van der Waals surface area contributed by atoms with E-state index in [1.807, 2.05) is 67.1 Å². The van der Waals surface area contributed by atoms with Crippen molar-refractivity contribution in [3.8, 4) is 11.3 Å². The lowest BCUT2D eigenvalue weighted by Gasteiger charge is -2.22. The zero-order chi connectivity index (χ0) is 26.7. The molecular weight excluding hydrogens is 490 g/mol. The van der Waals surface area contributed by atoms with Gasteiger partial charge in [-0.25, -0.2) is 9.97 Å². The highest BCUT2D eigenvalue weighted by atomic mass is 35.5. The van der Waals surface area contributed by atoms with Gasteiger partial charge in [-0.15, -0.1) is 0 Å². The van der Waals surface area contributed by atoms with Crippen LogP contribution in [0.25, 0.3) is 22.2 Å². The number of nitrogens with one attached hydrogen (secondary N) is 2.